The van der Waals surface area contributed by atoms with Gasteiger partial charge in [-0.05, 0) is 19.8 Å². The van der Waals surface area contributed by atoms with Crippen LogP contribution in [0.3, 0.4) is 0 Å². The number of ether oxygens (including phenoxy) is 1. The van der Waals surface area contributed by atoms with Crippen LogP contribution in [0, 0.1) is 0 Å². The summed E-state index contributed by atoms with van der Waals surface area (Å²) in [7, 11) is 0. The summed E-state index contributed by atoms with van der Waals surface area (Å²) in [5, 5.41) is 11.1. The van der Waals surface area contributed by atoms with E-state index in [0.29, 0.717) is 32.4 Å². The van der Waals surface area contributed by atoms with Gasteiger partial charge in [0.15, 0.2) is 0 Å². The minimum atomic E-state index is -0.298. The van der Waals surface area contributed by atoms with E-state index in [2.05, 4.69) is 5.32 Å². The molecular weight excluding hydrogens is 198 g/mol. The SMILES string of the molecule is CCOC(=O)CCNC(=O)CCCCO. The van der Waals surface area contributed by atoms with Gasteiger partial charge in [-0.1, -0.05) is 0 Å². The molecule has 5 heteroatoms. The Balaban J connectivity index is 3.34. The fourth-order valence-corrected chi connectivity index (χ4v) is 1.02. The number of unbranched alkanes of at least 4 members (excludes halogenated alkanes) is 1. The predicted octanol–water partition coefficient (Wildman–Crippen LogP) is 0.218. The lowest BCUT2D eigenvalue weighted by atomic mass is 10.2. The van der Waals surface area contributed by atoms with Crippen LogP contribution in [-0.2, 0) is 14.3 Å². The van der Waals surface area contributed by atoms with Crippen LogP contribution in [0.1, 0.15) is 32.6 Å². The topological polar surface area (TPSA) is 75.6 Å². The van der Waals surface area contributed by atoms with Crippen molar-refractivity contribution in [2.75, 3.05) is 19.8 Å². The van der Waals surface area contributed by atoms with Crippen LogP contribution < -0.4 is 5.32 Å². The number of aliphatic hydroxyl groups excluding tert-OH is 1. The summed E-state index contributed by atoms with van der Waals surface area (Å²) in [4.78, 5) is 22.0. The minimum absolute atomic E-state index is 0.0900. The van der Waals surface area contributed by atoms with Crippen molar-refractivity contribution in [1.29, 1.82) is 0 Å². The molecule has 15 heavy (non-hydrogen) atoms. The molecule has 0 aliphatic heterocycles. The molecule has 0 aromatic carbocycles. The van der Waals surface area contributed by atoms with Gasteiger partial charge in [-0.3, -0.25) is 9.59 Å². The first-order valence-corrected chi connectivity index (χ1v) is 5.24. The lowest BCUT2D eigenvalue weighted by Gasteiger charge is -2.04. The van der Waals surface area contributed by atoms with Crippen molar-refractivity contribution in [2.24, 2.45) is 0 Å². The second kappa shape index (κ2) is 9.45. The molecule has 1 amide bonds. The van der Waals surface area contributed by atoms with Crippen molar-refractivity contribution in [1.82, 2.24) is 5.32 Å². The van der Waals surface area contributed by atoms with Gasteiger partial charge in [0, 0.05) is 19.6 Å². The number of amides is 1. The molecule has 0 saturated heterocycles. The number of carbonyl (C=O) groups excluding carboxylic acids is 2. The minimum Gasteiger partial charge on any atom is -0.466 e. The zero-order chi connectivity index (χ0) is 11.5. The van der Waals surface area contributed by atoms with Gasteiger partial charge < -0.3 is 15.2 Å². The standard InChI is InChI=1S/C10H19NO4/c1-2-15-10(14)6-7-11-9(13)5-3-4-8-12/h12H,2-8H2,1H3,(H,11,13). The number of rotatable bonds is 8. The summed E-state index contributed by atoms with van der Waals surface area (Å²) in [5.74, 6) is -0.388. The first kappa shape index (κ1) is 13.9. The molecule has 0 bridgehead atoms. The molecule has 2 N–H and O–H groups in total. The van der Waals surface area contributed by atoms with Crippen LogP contribution in [0.5, 0.6) is 0 Å². The molecule has 0 aliphatic rings. The summed E-state index contributed by atoms with van der Waals surface area (Å²) >= 11 is 0. The molecule has 5 nitrogen and oxygen atoms in total. The average Bonchev–Trinajstić information content (AvgIpc) is 2.18. The van der Waals surface area contributed by atoms with Crippen molar-refractivity contribution in [2.45, 2.75) is 32.6 Å². The van der Waals surface area contributed by atoms with E-state index in [9.17, 15) is 9.59 Å². The van der Waals surface area contributed by atoms with Crippen LogP contribution in [-0.4, -0.2) is 36.7 Å². The fourth-order valence-electron chi connectivity index (χ4n) is 1.02. The first-order chi connectivity index (χ1) is 7.20. The van der Waals surface area contributed by atoms with E-state index in [0.717, 1.165) is 0 Å². The third-order valence-electron chi connectivity index (χ3n) is 1.77. The Kier molecular flexibility index (Phi) is 8.76. The Morgan fingerprint density at radius 1 is 1.27 bits per heavy atom. The number of hydrogen-bond acceptors (Lipinski definition) is 4. The molecule has 0 aliphatic carbocycles. The monoisotopic (exact) mass is 217 g/mol. The predicted molar refractivity (Wildman–Crippen MR) is 55.2 cm³/mol. The molecular formula is C10H19NO4. The zero-order valence-corrected chi connectivity index (χ0v) is 9.12. The van der Waals surface area contributed by atoms with Gasteiger partial charge in [0.25, 0.3) is 0 Å². The molecule has 0 aromatic heterocycles. The highest BCUT2D eigenvalue weighted by atomic mass is 16.5. The summed E-state index contributed by atoms with van der Waals surface area (Å²) in [6, 6.07) is 0. The lowest BCUT2D eigenvalue weighted by molar-refractivity contribution is -0.143. The van der Waals surface area contributed by atoms with E-state index < -0.39 is 0 Å². The van der Waals surface area contributed by atoms with E-state index >= 15 is 0 Å². The summed E-state index contributed by atoms with van der Waals surface area (Å²) < 4.78 is 4.70. The molecule has 0 fully saturated rings. The maximum atomic E-state index is 11.1. The zero-order valence-electron chi connectivity index (χ0n) is 9.12. The molecule has 0 saturated carbocycles. The number of esters is 1. The van der Waals surface area contributed by atoms with Crippen LogP contribution in [0.4, 0.5) is 0 Å². The van der Waals surface area contributed by atoms with E-state index in [1.807, 2.05) is 0 Å². The molecule has 0 rings (SSSR count). The van der Waals surface area contributed by atoms with Gasteiger partial charge in [0.2, 0.25) is 5.91 Å². The maximum absolute atomic E-state index is 11.1. The Hall–Kier alpha value is -1.10. The summed E-state index contributed by atoms with van der Waals surface area (Å²) in [6.45, 7) is 2.53. The molecule has 0 atom stereocenters. The van der Waals surface area contributed by atoms with Crippen LogP contribution >= 0.6 is 0 Å². The Bertz CT molecular complexity index is 194. The smallest absolute Gasteiger partial charge is 0.307 e. The van der Waals surface area contributed by atoms with Crippen LogP contribution in [0.15, 0.2) is 0 Å². The quantitative estimate of drug-likeness (QED) is 0.450. The van der Waals surface area contributed by atoms with E-state index in [1.54, 1.807) is 6.92 Å². The Morgan fingerprint density at radius 3 is 2.60 bits per heavy atom. The van der Waals surface area contributed by atoms with Crippen molar-refractivity contribution in [3.05, 3.63) is 0 Å². The number of aliphatic hydroxyl groups is 1. The van der Waals surface area contributed by atoms with Crippen molar-refractivity contribution in [3.63, 3.8) is 0 Å². The van der Waals surface area contributed by atoms with Gasteiger partial charge in [-0.2, -0.15) is 0 Å². The molecule has 0 aromatic rings. The summed E-state index contributed by atoms with van der Waals surface area (Å²) in [5.41, 5.74) is 0. The maximum Gasteiger partial charge on any atom is 0.307 e. The van der Waals surface area contributed by atoms with Gasteiger partial charge in [0.05, 0.1) is 13.0 Å². The number of hydrogen-bond donors (Lipinski definition) is 2. The van der Waals surface area contributed by atoms with E-state index in [4.69, 9.17) is 9.84 Å². The van der Waals surface area contributed by atoms with E-state index in [-0.39, 0.29) is 24.9 Å². The van der Waals surface area contributed by atoms with E-state index in [1.165, 1.54) is 0 Å². The van der Waals surface area contributed by atoms with Gasteiger partial charge in [-0.15, -0.1) is 0 Å². The van der Waals surface area contributed by atoms with Gasteiger partial charge >= 0.3 is 5.97 Å². The van der Waals surface area contributed by atoms with Gasteiger partial charge in [-0.25, -0.2) is 0 Å². The highest BCUT2D eigenvalue weighted by Gasteiger charge is 2.03. The molecule has 0 radical (unpaired) electrons. The Labute approximate surface area is 89.8 Å². The molecule has 88 valence electrons. The fraction of sp³-hybridized carbons (Fsp3) is 0.800. The molecule has 0 unspecified atom stereocenters. The third-order valence-corrected chi connectivity index (χ3v) is 1.77. The van der Waals surface area contributed by atoms with Crippen LogP contribution in [0.2, 0.25) is 0 Å². The summed E-state index contributed by atoms with van der Waals surface area (Å²) in [6.07, 6.45) is 1.90. The number of nitrogens with one attached hydrogen (secondary N) is 1. The molecule has 0 heterocycles. The van der Waals surface area contributed by atoms with Crippen molar-refractivity contribution >= 4 is 11.9 Å². The Morgan fingerprint density at radius 2 is 2.00 bits per heavy atom. The molecule has 0 spiro atoms. The van der Waals surface area contributed by atoms with Crippen molar-refractivity contribution in [3.8, 4) is 0 Å². The normalized spacial score (nSPS) is 9.73. The highest BCUT2D eigenvalue weighted by molar-refractivity contribution is 5.76. The lowest BCUT2D eigenvalue weighted by Crippen LogP contribution is -2.26. The van der Waals surface area contributed by atoms with Crippen molar-refractivity contribution < 1.29 is 19.4 Å². The van der Waals surface area contributed by atoms with Gasteiger partial charge in [0.1, 0.15) is 0 Å². The number of carbonyl (C=O) groups is 2. The van der Waals surface area contributed by atoms with Crippen LogP contribution in [0.25, 0.3) is 0 Å². The first-order valence-electron chi connectivity index (χ1n) is 5.24. The third kappa shape index (κ3) is 9.21. The largest absolute Gasteiger partial charge is 0.466 e. The highest BCUT2D eigenvalue weighted by Crippen LogP contribution is 1.93. The second-order valence-corrected chi connectivity index (χ2v) is 3.09. The average molecular weight is 217 g/mol. The second-order valence-electron chi connectivity index (χ2n) is 3.09.